The van der Waals surface area contributed by atoms with E-state index in [4.69, 9.17) is 11.6 Å². The van der Waals surface area contributed by atoms with Gasteiger partial charge in [0.2, 0.25) is 0 Å². The highest BCUT2D eigenvalue weighted by atomic mass is 35.5. The number of hydrogen-bond donors (Lipinski definition) is 1. The van der Waals surface area contributed by atoms with Crippen molar-refractivity contribution >= 4 is 17.5 Å². The molecule has 1 heterocycles. The van der Waals surface area contributed by atoms with E-state index >= 15 is 0 Å². The average Bonchev–Trinajstić information content (AvgIpc) is 2.87. The van der Waals surface area contributed by atoms with E-state index in [0.717, 1.165) is 12.1 Å². The molecule has 0 aliphatic rings. The van der Waals surface area contributed by atoms with E-state index in [0.29, 0.717) is 12.4 Å². The van der Waals surface area contributed by atoms with Gasteiger partial charge in [0.05, 0.1) is 17.1 Å². The Morgan fingerprint density at radius 3 is 2.80 bits per heavy atom. The molecule has 1 aromatic heterocycles. The fourth-order valence-corrected chi connectivity index (χ4v) is 1.87. The van der Waals surface area contributed by atoms with E-state index in [1.54, 1.807) is 4.57 Å². The van der Waals surface area contributed by atoms with Gasteiger partial charge < -0.3 is 9.88 Å². The van der Waals surface area contributed by atoms with E-state index in [1.807, 2.05) is 6.92 Å². The lowest BCUT2D eigenvalue weighted by molar-refractivity contribution is 0.0949. The molecule has 1 N–H and O–H groups in total. The number of nitrogens with one attached hydrogen (secondary N) is 1. The Morgan fingerprint density at radius 1 is 1.40 bits per heavy atom. The molecule has 0 atom stereocenters. The van der Waals surface area contributed by atoms with Crippen LogP contribution in [0.3, 0.4) is 0 Å². The molecule has 0 aliphatic heterocycles. The Labute approximate surface area is 118 Å². The summed E-state index contributed by atoms with van der Waals surface area (Å²) in [6, 6.07) is 1.53. The number of hydrogen-bond acceptors (Lipinski definition) is 3. The largest absolute Gasteiger partial charge is 0.345 e. The van der Waals surface area contributed by atoms with Crippen molar-refractivity contribution in [2.75, 3.05) is 0 Å². The molecule has 0 unspecified atom stereocenters. The number of aromatic nitrogens is 3. The predicted molar refractivity (Wildman–Crippen MR) is 68.2 cm³/mol. The van der Waals surface area contributed by atoms with Crippen LogP contribution in [0.1, 0.15) is 23.1 Å². The lowest BCUT2D eigenvalue weighted by atomic mass is 10.2. The van der Waals surface area contributed by atoms with Gasteiger partial charge in [-0.05, 0) is 19.1 Å². The van der Waals surface area contributed by atoms with Crippen LogP contribution in [0.25, 0.3) is 0 Å². The van der Waals surface area contributed by atoms with Crippen molar-refractivity contribution in [2.45, 2.75) is 20.0 Å². The summed E-state index contributed by atoms with van der Waals surface area (Å²) in [6.07, 6.45) is 1.53. The summed E-state index contributed by atoms with van der Waals surface area (Å²) in [5.74, 6) is -2.28. The van der Waals surface area contributed by atoms with Crippen LogP contribution in [-0.4, -0.2) is 20.7 Å². The van der Waals surface area contributed by atoms with Crippen molar-refractivity contribution in [3.05, 3.63) is 46.5 Å². The molecule has 2 aromatic rings. The molecule has 1 aromatic carbocycles. The van der Waals surface area contributed by atoms with Crippen LogP contribution < -0.4 is 5.32 Å². The zero-order valence-electron chi connectivity index (χ0n) is 10.5. The average molecular weight is 301 g/mol. The summed E-state index contributed by atoms with van der Waals surface area (Å²) < 4.78 is 27.8. The normalized spacial score (nSPS) is 10.6. The minimum atomic E-state index is -1.13. The Balaban J connectivity index is 2.11. The highest BCUT2D eigenvalue weighted by Crippen LogP contribution is 2.19. The molecular weight excluding hydrogens is 290 g/mol. The second kappa shape index (κ2) is 5.96. The van der Waals surface area contributed by atoms with Gasteiger partial charge in [-0.15, -0.1) is 10.2 Å². The molecule has 5 nitrogen and oxygen atoms in total. The molecule has 0 spiro atoms. The number of nitrogens with zero attached hydrogens (tertiary/aromatic N) is 3. The minimum absolute atomic E-state index is 0.113. The molecule has 0 aliphatic carbocycles. The van der Waals surface area contributed by atoms with Crippen LogP contribution >= 0.6 is 11.6 Å². The first-order valence-electron chi connectivity index (χ1n) is 5.82. The molecule has 0 saturated carbocycles. The Bertz CT molecular complexity index is 644. The maximum Gasteiger partial charge on any atom is 0.253 e. The number of carbonyl (C=O) groups excluding carboxylic acids is 1. The van der Waals surface area contributed by atoms with Gasteiger partial charge in [0.15, 0.2) is 17.5 Å². The molecule has 0 radical (unpaired) electrons. The van der Waals surface area contributed by atoms with Crippen molar-refractivity contribution in [3.63, 3.8) is 0 Å². The first kappa shape index (κ1) is 14.4. The molecule has 2 rings (SSSR count). The van der Waals surface area contributed by atoms with Gasteiger partial charge in [0, 0.05) is 6.54 Å². The van der Waals surface area contributed by atoms with Gasteiger partial charge in [-0.2, -0.15) is 0 Å². The lowest BCUT2D eigenvalue weighted by Gasteiger charge is -2.07. The molecule has 8 heteroatoms. The predicted octanol–water partition coefficient (Wildman–Crippen LogP) is 2.16. The van der Waals surface area contributed by atoms with Gasteiger partial charge in [0.25, 0.3) is 5.91 Å². The van der Waals surface area contributed by atoms with Gasteiger partial charge in [-0.1, -0.05) is 11.6 Å². The van der Waals surface area contributed by atoms with Crippen LogP contribution in [0.2, 0.25) is 5.02 Å². The maximum atomic E-state index is 13.1. The number of amides is 1. The van der Waals surface area contributed by atoms with Gasteiger partial charge in [0.1, 0.15) is 6.33 Å². The third-order valence-corrected chi connectivity index (χ3v) is 3.01. The van der Waals surface area contributed by atoms with Crippen LogP contribution in [0, 0.1) is 11.6 Å². The first-order chi connectivity index (χ1) is 9.52. The fourth-order valence-electron chi connectivity index (χ4n) is 1.63. The van der Waals surface area contributed by atoms with E-state index in [-0.39, 0.29) is 17.1 Å². The highest BCUT2D eigenvalue weighted by Gasteiger charge is 2.15. The Morgan fingerprint density at radius 2 is 2.10 bits per heavy atom. The zero-order chi connectivity index (χ0) is 14.7. The minimum Gasteiger partial charge on any atom is -0.345 e. The zero-order valence-corrected chi connectivity index (χ0v) is 11.3. The van der Waals surface area contributed by atoms with Crippen molar-refractivity contribution in [2.24, 2.45) is 0 Å². The summed E-state index contributed by atoms with van der Waals surface area (Å²) in [5, 5.41) is 9.92. The molecular formula is C12H11ClF2N4O. The third kappa shape index (κ3) is 2.93. The van der Waals surface area contributed by atoms with E-state index in [9.17, 15) is 13.6 Å². The second-order valence-electron chi connectivity index (χ2n) is 3.96. The highest BCUT2D eigenvalue weighted by molar-refractivity contribution is 6.33. The monoisotopic (exact) mass is 300 g/mol. The van der Waals surface area contributed by atoms with E-state index in [1.165, 1.54) is 6.33 Å². The first-order valence-corrected chi connectivity index (χ1v) is 6.20. The van der Waals surface area contributed by atoms with Crippen LogP contribution in [-0.2, 0) is 13.1 Å². The third-order valence-electron chi connectivity index (χ3n) is 2.70. The van der Waals surface area contributed by atoms with Gasteiger partial charge in [-0.3, -0.25) is 4.79 Å². The topological polar surface area (TPSA) is 59.8 Å². The molecule has 0 saturated heterocycles. The van der Waals surface area contributed by atoms with Crippen molar-refractivity contribution in [1.82, 2.24) is 20.1 Å². The van der Waals surface area contributed by atoms with E-state index < -0.39 is 17.5 Å². The van der Waals surface area contributed by atoms with Crippen molar-refractivity contribution in [3.8, 4) is 0 Å². The Kier molecular flexibility index (Phi) is 4.29. The van der Waals surface area contributed by atoms with Crippen LogP contribution in [0.15, 0.2) is 18.5 Å². The summed E-state index contributed by atoms with van der Waals surface area (Å²) in [7, 11) is 0. The fraction of sp³-hybridized carbons (Fsp3) is 0.250. The Hall–Kier alpha value is -2.02. The quantitative estimate of drug-likeness (QED) is 0.880. The molecule has 1 amide bonds. The lowest BCUT2D eigenvalue weighted by Crippen LogP contribution is -2.25. The second-order valence-corrected chi connectivity index (χ2v) is 4.37. The standard InChI is InChI=1S/C12H11ClF2N4O/c1-2-19-6-17-18-11(19)5-16-12(20)7-3-9(14)10(15)4-8(7)13/h3-4,6H,2,5H2,1H3,(H,16,20). The molecule has 106 valence electrons. The van der Waals surface area contributed by atoms with Crippen molar-refractivity contribution < 1.29 is 13.6 Å². The molecule has 0 bridgehead atoms. The van der Waals surface area contributed by atoms with Crippen molar-refractivity contribution in [1.29, 1.82) is 0 Å². The molecule has 20 heavy (non-hydrogen) atoms. The summed E-state index contributed by atoms with van der Waals surface area (Å²) in [4.78, 5) is 11.9. The maximum absolute atomic E-state index is 13.1. The smallest absolute Gasteiger partial charge is 0.253 e. The van der Waals surface area contributed by atoms with Gasteiger partial charge in [-0.25, -0.2) is 8.78 Å². The number of rotatable bonds is 4. The number of halogens is 3. The summed E-state index contributed by atoms with van der Waals surface area (Å²) in [5.41, 5.74) is -0.131. The van der Waals surface area contributed by atoms with Crippen LogP contribution in [0.4, 0.5) is 8.78 Å². The van der Waals surface area contributed by atoms with Gasteiger partial charge >= 0.3 is 0 Å². The van der Waals surface area contributed by atoms with Crippen LogP contribution in [0.5, 0.6) is 0 Å². The SMILES string of the molecule is CCn1cnnc1CNC(=O)c1cc(F)c(F)cc1Cl. The number of carbonyl (C=O) groups is 1. The number of aryl methyl sites for hydroxylation is 1. The van der Waals surface area contributed by atoms with E-state index in [2.05, 4.69) is 15.5 Å². The summed E-state index contributed by atoms with van der Waals surface area (Å²) >= 11 is 5.71. The molecule has 0 fully saturated rings. The number of benzene rings is 1. The summed E-state index contributed by atoms with van der Waals surface area (Å²) in [6.45, 7) is 2.67.